The van der Waals surface area contributed by atoms with Gasteiger partial charge in [0, 0.05) is 30.6 Å². The van der Waals surface area contributed by atoms with Gasteiger partial charge in [-0.05, 0) is 26.8 Å². The SMILES string of the molecule is CC#Cc1cnc(/C(CNC(=O)Cc2cn(C)nc2C(F)(F)F)=N/OC(C)C)c(Cl)c1. The van der Waals surface area contributed by atoms with Gasteiger partial charge in [0.2, 0.25) is 5.91 Å². The fourth-order valence-electron chi connectivity index (χ4n) is 2.51. The summed E-state index contributed by atoms with van der Waals surface area (Å²) in [6, 6.07) is 1.60. The highest BCUT2D eigenvalue weighted by Gasteiger charge is 2.37. The summed E-state index contributed by atoms with van der Waals surface area (Å²) in [6.45, 7) is 5.04. The van der Waals surface area contributed by atoms with E-state index in [0.717, 1.165) is 10.9 Å². The van der Waals surface area contributed by atoms with Crippen LogP contribution in [0.15, 0.2) is 23.6 Å². The Labute approximate surface area is 182 Å². The summed E-state index contributed by atoms with van der Waals surface area (Å²) in [5, 5.41) is 10.2. The normalized spacial score (nSPS) is 11.8. The van der Waals surface area contributed by atoms with Crippen molar-refractivity contribution in [3.63, 3.8) is 0 Å². The molecule has 1 amide bonds. The van der Waals surface area contributed by atoms with Gasteiger partial charge < -0.3 is 10.2 Å². The highest BCUT2D eigenvalue weighted by molar-refractivity contribution is 6.34. The van der Waals surface area contributed by atoms with Gasteiger partial charge in [0.05, 0.1) is 18.0 Å². The van der Waals surface area contributed by atoms with Crippen molar-refractivity contribution in [2.24, 2.45) is 12.2 Å². The second-order valence-electron chi connectivity index (χ2n) is 6.75. The van der Waals surface area contributed by atoms with Crippen molar-refractivity contribution < 1.29 is 22.8 Å². The number of nitrogens with zero attached hydrogens (tertiary/aromatic N) is 4. The molecule has 11 heteroatoms. The number of aryl methyl sites for hydroxylation is 1. The molecular weight excluding hydrogens is 435 g/mol. The summed E-state index contributed by atoms with van der Waals surface area (Å²) in [6.07, 6.45) is -2.76. The number of carbonyl (C=O) groups is 1. The van der Waals surface area contributed by atoms with Crippen molar-refractivity contribution >= 4 is 23.2 Å². The van der Waals surface area contributed by atoms with E-state index >= 15 is 0 Å². The Bertz CT molecular complexity index is 1040. The maximum atomic E-state index is 13.1. The Balaban J connectivity index is 2.19. The number of oxime groups is 1. The van der Waals surface area contributed by atoms with E-state index in [9.17, 15) is 18.0 Å². The Kier molecular flexibility index (Phi) is 8.05. The van der Waals surface area contributed by atoms with Gasteiger partial charge in [-0.3, -0.25) is 14.5 Å². The molecule has 7 nitrogen and oxygen atoms in total. The molecule has 0 aliphatic rings. The van der Waals surface area contributed by atoms with Gasteiger partial charge in [-0.15, -0.1) is 5.92 Å². The number of alkyl halides is 3. The van der Waals surface area contributed by atoms with E-state index in [1.807, 2.05) is 0 Å². The van der Waals surface area contributed by atoms with E-state index in [-0.39, 0.29) is 34.6 Å². The minimum atomic E-state index is -4.66. The van der Waals surface area contributed by atoms with Crippen LogP contribution in [0.4, 0.5) is 13.2 Å². The second kappa shape index (κ2) is 10.3. The van der Waals surface area contributed by atoms with Crippen LogP contribution >= 0.6 is 11.6 Å². The molecule has 2 aromatic heterocycles. The molecule has 166 valence electrons. The van der Waals surface area contributed by atoms with Crippen molar-refractivity contribution in [2.75, 3.05) is 6.54 Å². The first-order chi connectivity index (χ1) is 14.5. The third kappa shape index (κ3) is 7.00. The summed E-state index contributed by atoms with van der Waals surface area (Å²) >= 11 is 6.28. The second-order valence-corrected chi connectivity index (χ2v) is 7.16. The lowest BCUT2D eigenvalue weighted by atomic mass is 10.1. The molecular formula is C20H21ClF3N5O2. The summed E-state index contributed by atoms with van der Waals surface area (Å²) < 4.78 is 40.3. The minimum absolute atomic E-state index is 0.154. The lowest BCUT2D eigenvalue weighted by molar-refractivity contribution is -0.142. The van der Waals surface area contributed by atoms with E-state index in [0.29, 0.717) is 5.56 Å². The quantitative estimate of drug-likeness (QED) is 0.394. The zero-order valence-electron chi connectivity index (χ0n) is 17.3. The molecule has 0 spiro atoms. The number of halogens is 4. The van der Waals surface area contributed by atoms with Gasteiger partial charge in [-0.25, -0.2) is 0 Å². The average Bonchev–Trinajstić information content (AvgIpc) is 3.03. The van der Waals surface area contributed by atoms with Crippen LogP contribution in [0.25, 0.3) is 0 Å². The molecule has 2 heterocycles. The van der Waals surface area contributed by atoms with E-state index < -0.39 is 24.2 Å². The van der Waals surface area contributed by atoms with Crippen molar-refractivity contribution in [2.45, 2.75) is 39.5 Å². The van der Waals surface area contributed by atoms with E-state index in [1.54, 1.807) is 26.8 Å². The smallest absolute Gasteiger partial charge is 0.393 e. The first-order valence-corrected chi connectivity index (χ1v) is 9.56. The number of pyridine rings is 1. The number of aromatic nitrogens is 3. The molecule has 2 rings (SSSR count). The van der Waals surface area contributed by atoms with Crippen molar-refractivity contribution in [3.05, 3.63) is 46.0 Å². The number of nitrogens with one attached hydrogen (secondary N) is 1. The van der Waals surface area contributed by atoms with Gasteiger partial charge in [0.1, 0.15) is 17.5 Å². The van der Waals surface area contributed by atoms with E-state index in [2.05, 4.69) is 32.4 Å². The van der Waals surface area contributed by atoms with Gasteiger partial charge in [-0.1, -0.05) is 22.7 Å². The Morgan fingerprint density at radius 1 is 1.42 bits per heavy atom. The molecule has 0 aliphatic carbocycles. The first kappa shape index (κ1) is 24.2. The molecule has 0 atom stereocenters. The lowest BCUT2D eigenvalue weighted by Crippen LogP contribution is -2.32. The van der Waals surface area contributed by atoms with Gasteiger partial charge in [0.25, 0.3) is 0 Å². The van der Waals surface area contributed by atoms with Crippen LogP contribution in [0, 0.1) is 11.8 Å². The Morgan fingerprint density at radius 3 is 2.71 bits per heavy atom. The predicted molar refractivity (Wildman–Crippen MR) is 109 cm³/mol. The summed E-state index contributed by atoms with van der Waals surface area (Å²) in [4.78, 5) is 21.8. The summed E-state index contributed by atoms with van der Waals surface area (Å²) in [7, 11) is 1.35. The van der Waals surface area contributed by atoms with Crippen molar-refractivity contribution in [1.82, 2.24) is 20.1 Å². The number of hydrogen-bond donors (Lipinski definition) is 1. The lowest BCUT2D eigenvalue weighted by Gasteiger charge is -2.11. The molecule has 0 radical (unpaired) electrons. The highest BCUT2D eigenvalue weighted by Crippen LogP contribution is 2.30. The largest absolute Gasteiger partial charge is 0.435 e. The zero-order valence-corrected chi connectivity index (χ0v) is 18.1. The van der Waals surface area contributed by atoms with Crippen LogP contribution in [0.3, 0.4) is 0 Å². The van der Waals surface area contributed by atoms with Crippen molar-refractivity contribution in [1.29, 1.82) is 0 Å². The van der Waals surface area contributed by atoms with Crippen molar-refractivity contribution in [3.8, 4) is 11.8 Å². The van der Waals surface area contributed by atoms with Gasteiger partial charge >= 0.3 is 6.18 Å². The maximum Gasteiger partial charge on any atom is 0.435 e. The number of amides is 1. The molecule has 31 heavy (non-hydrogen) atoms. The minimum Gasteiger partial charge on any atom is -0.393 e. The number of rotatable bonds is 7. The van der Waals surface area contributed by atoms with Gasteiger partial charge in [-0.2, -0.15) is 18.3 Å². The van der Waals surface area contributed by atoms with E-state index in [4.69, 9.17) is 16.4 Å². The van der Waals surface area contributed by atoms with Crippen LogP contribution < -0.4 is 5.32 Å². The third-order valence-corrected chi connectivity index (χ3v) is 4.02. The molecule has 0 unspecified atom stereocenters. The van der Waals surface area contributed by atoms with Crippen LogP contribution in [0.5, 0.6) is 0 Å². The first-order valence-electron chi connectivity index (χ1n) is 9.19. The number of hydrogen-bond acceptors (Lipinski definition) is 5. The summed E-state index contributed by atoms with van der Waals surface area (Å²) in [5.41, 5.74) is -0.254. The molecule has 1 N–H and O–H groups in total. The maximum absolute atomic E-state index is 13.1. The average molecular weight is 456 g/mol. The monoisotopic (exact) mass is 455 g/mol. The molecule has 0 saturated heterocycles. The topological polar surface area (TPSA) is 81.4 Å². The molecule has 0 aliphatic heterocycles. The summed E-state index contributed by atoms with van der Waals surface area (Å²) in [5.74, 6) is 4.90. The molecule has 0 bridgehead atoms. The Hall–Kier alpha value is -3.06. The zero-order chi connectivity index (χ0) is 23.2. The van der Waals surface area contributed by atoms with Crippen LogP contribution in [-0.4, -0.2) is 39.0 Å². The van der Waals surface area contributed by atoms with Gasteiger partial charge in [0.15, 0.2) is 5.69 Å². The predicted octanol–water partition coefficient (Wildman–Crippen LogP) is 3.35. The van der Waals surface area contributed by atoms with Crippen LogP contribution in [0.2, 0.25) is 5.02 Å². The van der Waals surface area contributed by atoms with Crippen LogP contribution in [-0.2, 0) is 29.3 Å². The molecule has 0 fully saturated rings. The standard InChI is InChI=1S/C20H21ClF3N5O2/c1-5-6-13-7-15(21)18(26-9-13)16(28-31-12(2)3)10-25-17(30)8-14-11-29(4)27-19(14)20(22,23)24/h7,9,11-12H,8,10H2,1-4H3,(H,25,30)/b28-16+. The number of carbonyl (C=O) groups excluding carboxylic acids is 1. The Morgan fingerprint density at radius 2 is 2.13 bits per heavy atom. The molecule has 0 saturated carbocycles. The fourth-order valence-corrected chi connectivity index (χ4v) is 2.79. The molecule has 2 aromatic rings. The van der Waals surface area contributed by atoms with Crippen LogP contribution in [0.1, 0.15) is 43.3 Å². The fraction of sp³-hybridized carbons (Fsp3) is 0.400. The highest BCUT2D eigenvalue weighted by atomic mass is 35.5. The van der Waals surface area contributed by atoms with E-state index in [1.165, 1.54) is 13.2 Å². The third-order valence-electron chi connectivity index (χ3n) is 3.73. The molecule has 0 aromatic carbocycles.